The van der Waals surface area contributed by atoms with Crippen molar-refractivity contribution >= 4 is 11.9 Å². The Labute approximate surface area is 115 Å². The summed E-state index contributed by atoms with van der Waals surface area (Å²) in [5.41, 5.74) is 0.0252. The molecular formula is C14H17F2NO3. The summed E-state index contributed by atoms with van der Waals surface area (Å²) in [7, 11) is 0. The van der Waals surface area contributed by atoms with Gasteiger partial charge in [-0.05, 0) is 17.5 Å². The number of carboxylic acid groups (broad SMARTS) is 1. The van der Waals surface area contributed by atoms with E-state index in [1.54, 1.807) is 6.92 Å². The number of hydrogen-bond donors (Lipinski definition) is 2. The Morgan fingerprint density at radius 3 is 2.50 bits per heavy atom. The van der Waals surface area contributed by atoms with Gasteiger partial charge in [-0.25, -0.2) is 13.6 Å². The van der Waals surface area contributed by atoms with Crippen molar-refractivity contribution in [3.63, 3.8) is 0 Å². The number of carbonyl (C=O) groups excluding carboxylic acids is 1. The summed E-state index contributed by atoms with van der Waals surface area (Å²) in [6, 6.07) is 1.89. The number of rotatable bonds is 6. The largest absolute Gasteiger partial charge is 0.480 e. The number of benzene rings is 1. The summed E-state index contributed by atoms with van der Waals surface area (Å²) in [5, 5.41) is 11.4. The van der Waals surface area contributed by atoms with Crippen LogP contribution < -0.4 is 5.32 Å². The zero-order chi connectivity index (χ0) is 15.3. The minimum Gasteiger partial charge on any atom is -0.480 e. The Balaban J connectivity index is 2.73. The molecule has 0 aromatic heterocycles. The van der Waals surface area contributed by atoms with Crippen molar-refractivity contribution in [2.75, 3.05) is 0 Å². The zero-order valence-electron chi connectivity index (χ0n) is 11.3. The van der Waals surface area contributed by atoms with Gasteiger partial charge in [-0.3, -0.25) is 4.79 Å². The maximum absolute atomic E-state index is 13.4. The number of halogens is 2. The summed E-state index contributed by atoms with van der Waals surface area (Å²) in [6.45, 7) is 3.52. The number of carboxylic acids is 1. The molecule has 0 bridgehead atoms. The van der Waals surface area contributed by atoms with E-state index in [0.717, 1.165) is 6.07 Å². The fraction of sp³-hybridized carbons (Fsp3) is 0.429. The second-order valence-electron chi connectivity index (χ2n) is 4.68. The van der Waals surface area contributed by atoms with Crippen molar-refractivity contribution in [2.45, 2.75) is 32.7 Å². The van der Waals surface area contributed by atoms with Crippen LogP contribution in [0.2, 0.25) is 0 Å². The van der Waals surface area contributed by atoms with Crippen LogP contribution in [0.1, 0.15) is 25.8 Å². The second-order valence-corrected chi connectivity index (χ2v) is 4.68. The third-order valence-corrected chi connectivity index (χ3v) is 3.16. The Kier molecular flexibility index (Phi) is 5.61. The Morgan fingerprint density at radius 2 is 2.00 bits per heavy atom. The Morgan fingerprint density at radius 1 is 1.35 bits per heavy atom. The molecule has 2 atom stereocenters. The van der Waals surface area contributed by atoms with E-state index in [-0.39, 0.29) is 17.9 Å². The van der Waals surface area contributed by atoms with Gasteiger partial charge in [0.1, 0.15) is 17.7 Å². The van der Waals surface area contributed by atoms with Crippen LogP contribution in [0.5, 0.6) is 0 Å². The van der Waals surface area contributed by atoms with Crippen LogP contribution in [0.15, 0.2) is 18.2 Å². The maximum Gasteiger partial charge on any atom is 0.326 e. The number of aliphatic carboxylic acids is 1. The Hall–Kier alpha value is -1.98. The van der Waals surface area contributed by atoms with Gasteiger partial charge in [0.25, 0.3) is 0 Å². The fourth-order valence-electron chi connectivity index (χ4n) is 1.75. The summed E-state index contributed by atoms with van der Waals surface area (Å²) >= 11 is 0. The summed E-state index contributed by atoms with van der Waals surface area (Å²) < 4.78 is 26.1. The molecule has 110 valence electrons. The number of hydrogen-bond acceptors (Lipinski definition) is 2. The summed E-state index contributed by atoms with van der Waals surface area (Å²) in [6.07, 6.45) is 0.258. The van der Waals surface area contributed by atoms with Crippen molar-refractivity contribution in [1.82, 2.24) is 5.32 Å². The standard InChI is InChI=1S/C14H17F2NO3/c1-3-8(2)13(14(19)20)17-12(18)6-9-4-5-10(15)7-11(9)16/h4-5,7-8,13H,3,6H2,1-2H3,(H,17,18)(H,19,20). The van der Waals surface area contributed by atoms with Crippen molar-refractivity contribution in [1.29, 1.82) is 0 Å². The van der Waals surface area contributed by atoms with E-state index in [1.165, 1.54) is 6.07 Å². The van der Waals surface area contributed by atoms with E-state index in [0.29, 0.717) is 12.5 Å². The topological polar surface area (TPSA) is 66.4 Å². The maximum atomic E-state index is 13.4. The molecule has 1 rings (SSSR count). The van der Waals surface area contributed by atoms with Gasteiger partial charge in [-0.15, -0.1) is 0 Å². The zero-order valence-corrected chi connectivity index (χ0v) is 11.3. The lowest BCUT2D eigenvalue weighted by Gasteiger charge is -2.20. The van der Waals surface area contributed by atoms with Crippen molar-refractivity contribution in [2.24, 2.45) is 5.92 Å². The minimum atomic E-state index is -1.13. The van der Waals surface area contributed by atoms with Gasteiger partial charge >= 0.3 is 5.97 Å². The van der Waals surface area contributed by atoms with E-state index >= 15 is 0 Å². The van der Waals surface area contributed by atoms with E-state index in [9.17, 15) is 18.4 Å². The van der Waals surface area contributed by atoms with Gasteiger partial charge in [0, 0.05) is 6.07 Å². The van der Waals surface area contributed by atoms with Crippen LogP contribution in [-0.2, 0) is 16.0 Å². The molecule has 2 unspecified atom stereocenters. The minimum absolute atomic E-state index is 0.0252. The lowest BCUT2D eigenvalue weighted by Crippen LogP contribution is -2.45. The van der Waals surface area contributed by atoms with E-state index in [1.807, 2.05) is 6.92 Å². The summed E-state index contributed by atoms with van der Waals surface area (Å²) in [5.74, 6) is -3.53. The van der Waals surface area contributed by atoms with Gasteiger partial charge in [-0.2, -0.15) is 0 Å². The SMILES string of the molecule is CCC(C)C(NC(=O)Cc1ccc(F)cc1F)C(=O)O. The highest BCUT2D eigenvalue weighted by Gasteiger charge is 2.25. The average molecular weight is 285 g/mol. The molecule has 0 aliphatic carbocycles. The van der Waals surface area contributed by atoms with Crippen molar-refractivity contribution in [3.8, 4) is 0 Å². The lowest BCUT2D eigenvalue weighted by atomic mass is 9.99. The van der Waals surface area contributed by atoms with Gasteiger partial charge < -0.3 is 10.4 Å². The molecule has 0 radical (unpaired) electrons. The molecule has 1 amide bonds. The van der Waals surface area contributed by atoms with Gasteiger partial charge in [0.2, 0.25) is 5.91 Å². The van der Waals surface area contributed by atoms with Crippen LogP contribution in [0, 0.1) is 17.6 Å². The first-order chi connectivity index (χ1) is 9.35. The molecule has 0 saturated heterocycles. The predicted molar refractivity (Wildman–Crippen MR) is 69.1 cm³/mol. The third-order valence-electron chi connectivity index (χ3n) is 3.16. The summed E-state index contributed by atoms with van der Waals surface area (Å²) in [4.78, 5) is 22.8. The highest BCUT2D eigenvalue weighted by molar-refractivity contribution is 5.85. The van der Waals surface area contributed by atoms with Crippen molar-refractivity contribution in [3.05, 3.63) is 35.4 Å². The Bertz CT molecular complexity index is 505. The molecule has 20 heavy (non-hydrogen) atoms. The molecule has 0 aliphatic rings. The quantitative estimate of drug-likeness (QED) is 0.841. The molecule has 1 aromatic rings. The number of amides is 1. The van der Waals surface area contributed by atoms with E-state index in [4.69, 9.17) is 5.11 Å². The first kappa shape index (κ1) is 16.1. The highest BCUT2D eigenvalue weighted by Crippen LogP contribution is 2.12. The van der Waals surface area contributed by atoms with Crippen LogP contribution in [0.25, 0.3) is 0 Å². The van der Waals surface area contributed by atoms with Gasteiger partial charge in [-0.1, -0.05) is 26.3 Å². The first-order valence-electron chi connectivity index (χ1n) is 6.31. The molecular weight excluding hydrogens is 268 g/mol. The van der Waals surface area contributed by atoms with E-state index < -0.39 is 29.6 Å². The van der Waals surface area contributed by atoms with Crippen LogP contribution in [0.4, 0.5) is 8.78 Å². The van der Waals surface area contributed by atoms with Crippen molar-refractivity contribution < 1.29 is 23.5 Å². The van der Waals surface area contributed by atoms with Crippen LogP contribution in [0.3, 0.4) is 0 Å². The molecule has 4 nitrogen and oxygen atoms in total. The number of carbonyl (C=O) groups is 2. The van der Waals surface area contributed by atoms with Gasteiger partial charge in [0.05, 0.1) is 6.42 Å². The first-order valence-corrected chi connectivity index (χ1v) is 6.31. The monoisotopic (exact) mass is 285 g/mol. The van der Waals surface area contributed by atoms with Gasteiger partial charge in [0.15, 0.2) is 0 Å². The third kappa shape index (κ3) is 4.29. The molecule has 0 aliphatic heterocycles. The predicted octanol–water partition coefficient (Wildman–Crippen LogP) is 2.12. The second kappa shape index (κ2) is 6.98. The smallest absolute Gasteiger partial charge is 0.326 e. The highest BCUT2D eigenvalue weighted by atomic mass is 19.1. The molecule has 0 fully saturated rings. The molecule has 0 heterocycles. The van der Waals surface area contributed by atoms with E-state index in [2.05, 4.69) is 5.32 Å². The average Bonchev–Trinajstić information content (AvgIpc) is 2.38. The normalized spacial score (nSPS) is 13.6. The molecule has 0 spiro atoms. The molecule has 0 saturated carbocycles. The van der Waals surface area contributed by atoms with Crippen LogP contribution >= 0.6 is 0 Å². The molecule has 6 heteroatoms. The number of nitrogens with one attached hydrogen (secondary N) is 1. The molecule has 2 N–H and O–H groups in total. The van der Waals surface area contributed by atoms with Crippen LogP contribution in [-0.4, -0.2) is 23.0 Å². The molecule has 1 aromatic carbocycles. The lowest BCUT2D eigenvalue weighted by molar-refractivity contribution is -0.143. The fourth-order valence-corrected chi connectivity index (χ4v) is 1.75.